The van der Waals surface area contributed by atoms with Crippen molar-refractivity contribution < 1.29 is 8.60 Å². The maximum Gasteiger partial charge on any atom is 0.146 e. The summed E-state index contributed by atoms with van der Waals surface area (Å²) in [6.07, 6.45) is 0. The molecule has 0 amide bonds. The van der Waals surface area contributed by atoms with Gasteiger partial charge in [0.15, 0.2) is 0 Å². The third kappa shape index (κ3) is 4.28. The van der Waals surface area contributed by atoms with E-state index in [0.29, 0.717) is 42.7 Å². The Labute approximate surface area is 123 Å². The average Bonchev–Trinajstić information content (AvgIpc) is 2.40. The van der Waals surface area contributed by atoms with Crippen LogP contribution in [0.1, 0.15) is 19.4 Å². The summed E-state index contributed by atoms with van der Waals surface area (Å²) in [6, 6.07) is 5.42. The second-order valence-electron chi connectivity index (χ2n) is 5.65. The van der Waals surface area contributed by atoms with Gasteiger partial charge in [0.25, 0.3) is 0 Å². The summed E-state index contributed by atoms with van der Waals surface area (Å²) in [4.78, 5) is 1.99. The molecule has 20 heavy (non-hydrogen) atoms. The topological polar surface area (TPSA) is 32.3 Å². The van der Waals surface area contributed by atoms with E-state index in [4.69, 9.17) is 0 Å². The van der Waals surface area contributed by atoms with Crippen LogP contribution in [-0.2, 0) is 17.3 Å². The molecule has 1 aromatic carbocycles. The predicted molar refractivity (Wildman–Crippen MR) is 83.0 cm³/mol. The van der Waals surface area contributed by atoms with Gasteiger partial charge in [-0.1, -0.05) is 19.9 Å². The maximum atomic E-state index is 14.2. The number of anilines is 1. The van der Waals surface area contributed by atoms with E-state index in [1.807, 2.05) is 17.0 Å². The number of benzene rings is 1. The van der Waals surface area contributed by atoms with E-state index in [0.717, 1.165) is 12.1 Å². The zero-order valence-corrected chi connectivity index (χ0v) is 13.0. The number of hydrogen-bond acceptors (Lipinski definition) is 3. The lowest BCUT2D eigenvalue weighted by Gasteiger charge is -2.28. The lowest BCUT2D eigenvalue weighted by atomic mass is 10.1. The molecule has 1 aliphatic rings. The van der Waals surface area contributed by atoms with E-state index in [1.54, 1.807) is 6.07 Å². The third-order valence-electron chi connectivity index (χ3n) is 3.41. The molecular formula is C15H23FN2OS. The first-order valence-corrected chi connectivity index (χ1v) is 8.64. The van der Waals surface area contributed by atoms with Crippen molar-refractivity contribution in [2.75, 3.05) is 36.0 Å². The Hall–Kier alpha value is -0.940. The molecule has 1 heterocycles. The molecule has 1 aromatic rings. The van der Waals surface area contributed by atoms with E-state index >= 15 is 0 Å². The molecule has 0 aliphatic carbocycles. The standard InChI is InChI=1S/C15H23FN2OS/c1-12(2)10-17-11-13-3-4-15(14(16)9-13)18-5-7-20(19)8-6-18/h3-4,9,12,17H,5-8,10-11H2,1-2H3. The smallest absolute Gasteiger partial charge is 0.146 e. The van der Waals surface area contributed by atoms with Crippen molar-refractivity contribution in [1.29, 1.82) is 0 Å². The third-order valence-corrected chi connectivity index (χ3v) is 4.69. The highest BCUT2D eigenvalue weighted by molar-refractivity contribution is 7.85. The van der Waals surface area contributed by atoms with Gasteiger partial charge in [-0.05, 0) is 30.2 Å². The molecule has 5 heteroatoms. The Morgan fingerprint density at radius 3 is 2.65 bits per heavy atom. The van der Waals surface area contributed by atoms with Gasteiger partial charge in [0.2, 0.25) is 0 Å². The fraction of sp³-hybridized carbons (Fsp3) is 0.600. The van der Waals surface area contributed by atoms with Gasteiger partial charge >= 0.3 is 0 Å². The van der Waals surface area contributed by atoms with Crippen molar-refractivity contribution >= 4 is 16.5 Å². The molecule has 0 aromatic heterocycles. The summed E-state index contributed by atoms with van der Waals surface area (Å²) < 4.78 is 25.5. The van der Waals surface area contributed by atoms with Gasteiger partial charge in [-0.3, -0.25) is 4.21 Å². The molecule has 0 bridgehead atoms. The minimum absolute atomic E-state index is 0.179. The Kier molecular flexibility index (Phi) is 5.54. The highest BCUT2D eigenvalue weighted by Crippen LogP contribution is 2.22. The molecule has 0 radical (unpaired) electrons. The highest BCUT2D eigenvalue weighted by atomic mass is 32.2. The number of rotatable bonds is 5. The van der Waals surface area contributed by atoms with E-state index in [9.17, 15) is 8.60 Å². The summed E-state index contributed by atoms with van der Waals surface area (Å²) in [7, 11) is -0.729. The molecule has 0 unspecified atom stereocenters. The van der Waals surface area contributed by atoms with E-state index < -0.39 is 10.8 Å². The van der Waals surface area contributed by atoms with Crippen LogP contribution < -0.4 is 10.2 Å². The quantitative estimate of drug-likeness (QED) is 0.904. The van der Waals surface area contributed by atoms with E-state index in [-0.39, 0.29) is 5.82 Å². The molecular weight excluding hydrogens is 275 g/mol. The van der Waals surface area contributed by atoms with Crippen molar-refractivity contribution in [3.8, 4) is 0 Å². The molecule has 1 fully saturated rings. The van der Waals surface area contributed by atoms with Crippen LogP contribution in [-0.4, -0.2) is 35.3 Å². The minimum atomic E-state index is -0.729. The summed E-state index contributed by atoms with van der Waals surface area (Å²) in [5, 5.41) is 3.31. The Bertz CT molecular complexity index is 469. The Morgan fingerprint density at radius 1 is 1.35 bits per heavy atom. The van der Waals surface area contributed by atoms with Crippen molar-refractivity contribution in [3.05, 3.63) is 29.6 Å². The first kappa shape index (κ1) is 15.4. The summed E-state index contributed by atoms with van der Waals surface area (Å²) in [6.45, 7) is 7.28. The zero-order valence-electron chi connectivity index (χ0n) is 12.2. The van der Waals surface area contributed by atoms with Crippen LogP contribution in [0.5, 0.6) is 0 Å². The molecule has 3 nitrogen and oxygen atoms in total. The van der Waals surface area contributed by atoms with Crippen molar-refractivity contribution in [2.45, 2.75) is 20.4 Å². The Morgan fingerprint density at radius 2 is 2.05 bits per heavy atom. The number of hydrogen-bond donors (Lipinski definition) is 1. The van der Waals surface area contributed by atoms with Gasteiger partial charge in [0.1, 0.15) is 5.82 Å². The molecule has 0 atom stereocenters. The summed E-state index contributed by atoms with van der Waals surface area (Å²) in [5.41, 5.74) is 1.60. The van der Waals surface area contributed by atoms with E-state index in [1.165, 1.54) is 0 Å². The molecule has 0 spiro atoms. The molecule has 1 N–H and O–H groups in total. The summed E-state index contributed by atoms with van der Waals surface area (Å²) >= 11 is 0. The van der Waals surface area contributed by atoms with Gasteiger partial charge in [-0.2, -0.15) is 0 Å². The van der Waals surface area contributed by atoms with Gasteiger partial charge in [0, 0.05) is 41.9 Å². The van der Waals surface area contributed by atoms with Crippen LogP contribution in [0.2, 0.25) is 0 Å². The van der Waals surface area contributed by atoms with Gasteiger partial charge in [0.05, 0.1) is 5.69 Å². The lowest BCUT2D eigenvalue weighted by Crippen LogP contribution is -2.38. The van der Waals surface area contributed by atoms with Crippen molar-refractivity contribution in [2.24, 2.45) is 5.92 Å². The Balaban J connectivity index is 1.97. The van der Waals surface area contributed by atoms with Crippen LogP contribution in [0.4, 0.5) is 10.1 Å². The monoisotopic (exact) mass is 298 g/mol. The molecule has 112 valence electrons. The molecule has 2 rings (SSSR count). The van der Waals surface area contributed by atoms with Crippen LogP contribution in [0.25, 0.3) is 0 Å². The van der Waals surface area contributed by atoms with Crippen LogP contribution in [0.3, 0.4) is 0 Å². The number of halogens is 1. The zero-order chi connectivity index (χ0) is 14.5. The van der Waals surface area contributed by atoms with Gasteiger partial charge < -0.3 is 10.2 Å². The number of nitrogens with zero attached hydrogens (tertiary/aromatic N) is 1. The maximum absolute atomic E-state index is 14.2. The average molecular weight is 298 g/mol. The first-order chi connectivity index (χ1) is 9.56. The van der Waals surface area contributed by atoms with Gasteiger partial charge in [-0.15, -0.1) is 0 Å². The summed E-state index contributed by atoms with van der Waals surface area (Å²) in [5.74, 6) is 1.68. The number of nitrogens with one attached hydrogen (secondary N) is 1. The van der Waals surface area contributed by atoms with Crippen molar-refractivity contribution in [1.82, 2.24) is 5.32 Å². The van der Waals surface area contributed by atoms with Crippen LogP contribution in [0.15, 0.2) is 18.2 Å². The minimum Gasteiger partial charge on any atom is -0.367 e. The van der Waals surface area contributed by atoms with Crippen molar-refractivity contribution in [3.63, 3.8) is 0 Å². The van der Waals surface area contributed by atoms with Crippen LogP contribution in [0, 0.1) is 11.7 Å². The largest absolute Gasteiger partial charge is 0.367 e. The predicted octanol–water partition coefficient (Wildman–Crippen LogP) is 2.14. The fourth-order valence-electron chi connectivity index (χ4n) is 2.30. The first-order valence-electron chi connectivity index (χ1n) is 7.15. The SMILES string of the molecule is CC(C)CNCc1ccc(N2CCS(=O)CC2)c(F)c1. The molecule has 0 saturated carbocycles. The second kappa shape index (κ2) is 7.18. The lowest BCUT2D eigenvalue weighted by molar-refractivity contribution is 0.550. The normalized spacial score (nSPS) is 16.9. The van der Waals surface area contributed by atoms with Crippen LogP contribution >= 0.6 is 0 Å². The second-order valence-corrected chi connectivity index (χ2v) is 7.34. The highest BCUT2D eigenvalue weighted by Gasteiger charge is 2.18. The fourth-order valence-corrected chi connectivity index (χ4v) is 3.35. The van der Waals surface area contributed by atoms with Gasteiger partial charge in [-0.25, -0.2) is 4.39 Å². The molecule has 1 aliphatic heterocycles. The van der Waals surface area contributed by atoms with E-state index in [2.05, 4.69) is 19.2 Å². The molecule has 1 saturated heterocycles.